The van der Waals surface area contributed by atoms with Crippen LogP contribution >= 0.6 is 0 Å². The van der Waals surface area contributed by atoms with E-state index in [2.05, 4.69) is 31.7 Å². The Balaban J connectivity index is 0.000000569. The lowest BCUT2D eigenvalue weighted by Gasteiger charge is -2.00. The van der Waals surface area contributed by atoms with Crippen molar-refractivity contribution < 1.29 is 42.5 Å². The zero-order chi connectivity index (χ0) is 27.0. The van der Waals surface area contributed by atoms with Crippen LogP contribution in [-0.4, -0.2) is 37.4 Å². The van der Waals surface area contributed by atoms with Crippen LogP contribution < -0.4 is 0 Å². The van der Waals surface area contributed by atoms with Crippen molar-refractivity contribution >= 4 is 11.9 Å². The molecule has 2 aromatic heterocycles. The van der Waals surface area contributed by atoms with Gasteiger partial charge in [-0.05, 0) is 37.1 Å². The Kier molecular flexibility index (Phi) is 20.4. The largest absolute Gasteiger partial charge is 0.466 e. The van der Waals surface area contributed by atoms with Crippen molar-refractivity contribution in [3.63, 3.8) is 0 Å². The molecule has 0 atom stereocenters. The molecule has 0 aliphatic carbocycles. The zero-order valence-corrected chi connectivity index (χ0v) is 21.7. The summed E-state index contributed by atoms with van der Waals surface area (Å²) in [5, 5.41) is 8.73. The number of carbonyl (C=O) groups excluding carboxylic acids is 2. The number of furan rings is 2. The zero-order valence-electron chi connectivity index (χ0n) is 21.7. The van der Waals surface area contributed by atoms with Crippen molar-refractivity contribution in [1.29, 1.82) is 0 Å². The molecule has 1 N–H and O–H groups in total. The molecule has 0 saturated heterocycles. The quantitative estimate of drug-likeness (QED) is 0.195. The topological polar surface area (TPSA) is 118 Å². The lowest BCUT2D eigenvalue weighted by Crippen LogP contribution is -1.99. The highest BCUT2D eigenvalue weighted by atomic mass is 16.5. The third-order valence-corrected chi connectivity index (χ3v) is 4.25. The van der Waals surface area contributed by atoms with Crippen molar-refractivity contribution in [2.75, 3.05) is 20.3 Å². The Hall–Kier alpha value is -3.14. The summed E-state index contributed by atoms with van der Waals surface area (Å²) >= 11 is 0. The lowest BCUT2D eigenvalue weighted by molar-refractivity contribution is -0.139. The van der Waals surface area contributed by atoms with E-state index >= 15 is 0 Å². The van der Waals surface area contributed by atoms with Crippen molar-refractivity contribution in [3.05, 3.63) is 72.6 Å². The average Bonchev–Trinajstić information content (AvgIpc) is 3.57. The molecular formula is C27H40O9. The Morgan fingerprint density at radius 1 is 0.806 bits per heavy atom. The summed E-state index contributed by atoms with van der Waals surface area (Å²) in [6.45, 7) is 13.2. The van der Waals surface area contributed by atoms with Crippen LogP contribution in [0.25, 0.3) is 0 Å². The van der Waals surface area contributed by atoms with E-state index in [0.29, 0.717) is 24.7 Å². The minimum absolute atomic E-state index is 0.0467. The summed E-state index contributed by atoms with van der Waals surface area (Å²) < 4.78 is 30.4. The molecule has 0 aromatic carbocycles. The first-order valence-corrected chi connectivity index (χ1v) is 11.8. The van der Waals surface area contributed by atoms with Crippen LogP contribution in [0.15, 0.2) is 58.4 Å². The van der Waals surface area contributed by atoms with E-state index in [1.54, 1.807) is 12.1 Å². The van der Waals surface area contributed by atoms with Gasteiger partial charge in [0.15, 0.2) is 0 Å². The van der Waals surface area contributed by atoms with E-state index in [-0.39, 0.29) is 13.2 Å². The maximum atomic E-state index is 10.8. The molecule has 0 fully saturated rings. The van der Waals surface area contributed by atoms with Crippen LogP contribution in [0.5, 0.6) is 0 Å². The van der Waals surface area contributed by atoms with Gasteiger partial charge in [-0.25, -0.2) is 9.59 Å². The second-order valence-electron chi connectivity index (χ2n) is 7.25. The predicted octanol–water partition coefficient (Wildman–Crippen LogP) is 5.26. The molecule has 0 bridgehead atoms. The second-order valence-corrected chi connectivity index (χ2v) is 7.25. The molecule has 0 unspecified atom stereocenters. The molecule has 36 heavy (non-hydrogen) atoms. The van der Waals surface area contributed by atoms with Crippen molar-refractivity contribution in [2.45, 2.75) is 66.0 Å². The van der Waals surface area contributed by atoms with Crippen molar-refractivity contribution in [1.82, 2.24) is 0 Å². The predicted molar refractivity (Wildman–Crippen MR) is 135 cm³/mol. The highest BCUT2D eigenvalue weighted by molar-refractivity contribution is 5.81. The average molecular weight is 509 g/mol. The molecule has 0 amide bonds. The third-order valence-electron chi connectivity index (χ3n) is 4.25. The summed E-state index contributed by atoms with van der Waals surface area (Å²) in [7, 11) is 1.31. The molecular weight excluding hydrogens is 468 g/mol. The summed E-state index contributed by atoms with van der Waals surface area (Å²) in [5.41, 5.74) is 0. The van der Waals surface area contributed by atoms with E-state index in [0.717, 1.165) is 62.6 Å². The number of methoxy groups -OCH3 is 1. The Morgan fingerprint density at radius 3 is 1.61 bits per heavy atom. The SMILES string of the molecule is C=CC(=O)OC.C=CC(=O)OCc1ccc(COCCCC)o1.CCCCOCc1ccc(CO)o1. The summed E-state index contributed by atoms with van der Waals surface area (Å²) in [6, 6.07) is 7.19. The van der Waals surface area contributed by atoms with Gasteiger partial charge >= 0.3 is 11.9 Å². The number of hydrogen-bond acceptors (Lipinski definition) is 9. The van der Waals surface area contributed by atoms with Gasteiger partial charge in [-0.1, -0.05) is 39.8 Å². The van der Waals surface area contributed by atoms with E-state index in [4.69, 9.17) is 28.2 Å². The van der Waals surface area contributed by atoms with Crippen LogP contribution in [0.4, 0.5) is 0 Å². The summed E-state index contributed by atoms with van der Waals surface area (Å²) in [5.74, 6) is 1.87. The Morgan fingerprint density at radius 2 is 1.25 bits per heavy atom. The summed E-state index contributed by atoms with van der Waals surface area (Å²) in [4.78, 5) is 20.7. The Labute approximate surface area is 213 Å². The molecule has 0 aliphatic rings. The van der Waals surface area contributed by atoms with Crippen LogP contribution in [0.3, 0.4) is 0 Å². The van der Waals surface area contributed by atoms with Gasteiger partial charge in [-0.15, -0.1) is 0 Å². The van der Waals surface area contributed by atoms with Crippen LogP contribution in [0, 0.1) is 0 Å². The fraction of sp³-hybridized carbons (Fsp3) is 0.481. The number of aliphatic hydroxyl groups is 1. The summed E-state index contributed by atoms with van der Waals surface area (Å²) in [6.07, 6.45) is 6.61. The van der Waals surface area contributed by atoms with Crippen LogP contribution in [0.1, 0.15) is 62.6 Å². The van der Waals surface area contributed by atoms with E-state index in [1.807, 2.05) is 12.1 Å². The standard InChI is InChI=1S/C13H18O4.C10H16O3.C4H6O2/c1-3-5-8-15-9-11-6-7-12(17-11)10-16-13(14)4-2;1-2-3-6-12-8-10-5-4-9(7-11)13-10;1-3-4(5)6-2/h4,6-7H,2-3,5,8-10H2,1H3;4-5,11H,2-3,6-8H2,1H3;3H,1H2,2H3. The van der Waals surface area contributed by atoms with E-state index < -0.39 is 11.9 Å². The maximum Gasteiger partial charge on any atom is 0.330 e. The van der Waals surface area contributed by atoms with Gasteiger partial charge in [0, 0.05) is 25.4 Å². The highest BCUT2D eigenvalue weighted by Crippen LogP contribution is 2.11. The molecule has 0 aliphatic heterocycles. The minimum atomic E-state index is -0.456. The Bertz CT molecular complexity index is 851. The number of hydrogen-bond donors (Lipinski definition) is 1. The first kappa shape index (κ1) is 32.9. The third kappa shape index (κ3) is 17.3. The maximum absolute atomic E-state index is 10.8. The van der Waals surface area contributed by atoms with Gasteiger partial charge in [0.2, 0.25) is 0 Å². The normalized spacial score (nSPS) is 9.78. The fourth-order valence-corrected chi connectivity index (χ4v) is 2.29. The number of rotatable bonds is 15. The van der Waals surface area contributed by atoms with Gasteiger partial charge < -0.3 is 32.9 Å². The molecule has 202 valence electrons. The number of esters is 2. The number of ether oxygens (including phenoxy) is 4. The molecule has 0 radical (unpaired) electrons. The highest BCUT2D eigenvalue weighted by Gasteiger charge is 2.04. The first-order valence-electron chi connectivity index (χ1n) is 11.8. The number of unbranched alkanes of at least 4 members (excludes halogenated alkanes) is 2. The molecule has 0 spiro atoms. The molecule has 9 heteroatoms. The fourth-order valence-electron chi connectivity index (χ4n) is 2.29. The van der Waals surface area contributed by atoms with Gasteiger partial charge in [-0.3, -0.25) is 0 Å². The minimum Gasteiger partial charge on any atom is -0.466 e. The molecule has 2 aromatic rings. The van der Waals surface area contributed by atoms with E-state index in [9.17, 15) is 9.59 Å². The molecule has 0 saturated carbocycles. The van der Waals surface area contributed by atoms with E-state index in [1.165, 1.54) is 7.11 Å². The lowest BCUT2D eigenvalue weighted by atomic mass is 10.4. The molecule has 2 rings (SSSR count). The molecule has 2 heterocycles. The van der Waals surface area contributed by atoms with Gasteiger partial charge in [-0.2, -0.15) is 0 Å². The van der Waals surface area contributed by atoms with Gasteiger partial charge in [0.1, 0.15) is 49.5 Å². The van der Waals surface area contributed by atoms with Crippen LogP contribution in [0.2, 0.25) is 0 Å². The monoisotopic (exact) mass is 508 g/mol. The second kappa shape index (κ2) is 22.3. The van der Waals surface area contributed by atoms with Gasteiger partial charge in [0.05, 0.1) is 7.11 Å². The first-order chi connectivity index (χ1) is 17.4. The number of carbonyl (C=O) groups is 2. The number of aliphatic hydroxyl groups excluding tert-OH is 1. The van der Waals surface area contributed by atoms with Crippen LogP contribution in [-0.2, 0) is 55.0 Å². The molecule has 9 nitrogen and oxygen atoms in total. The van der Waals surface area contributed by atoms with Crippen molar-refractivity contribution in [2.24, 2.45) is 0 Å². The van der Waals surface area contributed by atoms with Gasteiger partial charge in [0.25, 0.3) is 0 Å². The smallest absolute Gasteiger partial charge is 0.330 e. The van der Waals surface area contributed by atoms with Crippen molar-refractivity contribution in [3.8, 4) is 0 Å².